The SMILES string of the molecule is COc1ccc2c(=Nc3ccncc3)cc3oc4cc(N(C)C)cc(C)c4nc-3c2c1.[Cl-]. The number of hydrogen-bond acceptors (Lipinski definition) is 6. The Labute approximate surface area is 192 Å². The first-order valence-corrected chi connectivity index (χ1v) is 10.0. The van der Waals surface area contributed by atoms with Crippen molar-refractivity contribution in [3.8, 4) is 17.2 Å². The fourth-order valence-electron chi connectivity index (χ4n) is 3.75. The first-order valence-electron chi connectivity index (χ1n) is 10.0. The van der Waals surface area contributed by atoms with Crippen LogP contribution in [0.2, 0.25) is 0 Å². The van der Waals surface area contributed by atoms with Gasteiger partial charge in [-0.05, 0) is 48.9 Å². The molecule has 1 aliphatic carbocycles. The Morgan fingerprint density at radius 2 is 1.75 bits per heavy atom. The van der Waals surface area contributed by atoms with Crippen LogP contribution in [-0.4, -0.2) is 31.2 Å². The summed E-state index contributed by atoms with van der Waals surface area (Å²) in [6.45, 7) is 2.06. The van der Waals surface area contributed by atoms with E-state index in [1.807, 2.05) is 56.6 Å². The summed E-state index contributed by atoms with van der Waals surface area (Å²) in [6, 6.07) is 15.8. The molecular weight excluding hydrogens is 424 g/mol. The summed E-state index contributed by atoms with van der Waals surface area (Å²) in [6.07, 6.45) is 3.46. The third kappa shape index (κ3) is 3.74. The van der Waals surface area contributed by atoms with Gasteiger partial charge in [-0.25, -0.2) is 9.98 Å². The van der Waals surface area contributed by atoms with Crippen LogP contribution < -0.4 is 27.4 Å². The highest BCUT2D eigenvalue weighted by atomic mass is 35.5. The summed E-state index contributed by atoms with van der Waals surface area (Å²) in [5, 5.41) is 2.72. The Hall–Kier alpha value is -3.64. The van der Waals surface area contributed by atoms with Crippen LogP contribution in [0.1, 0.15) is 5.56 Å². The lowest BCUT2D eigenvalue weighted by Gasteiger charge is -2.16. The van der Waals surface area contributed by atoms with Gasteiger partial charge in [-0.1, -0.05) is 0 Å². The van der Waals surface area contributed by atoms with E-state index in [4.69, 9.17) is 19.1 Å². The molecule has 0 spiro atoms. The number of anilines is 1. The van der Waals surface area contributed by atoms with Gasteiger partial charge in [0.05, 0.1) is 18.2 Å². The zero-order valence-electron chi connectivity index (χ0n) is 18.3. The van der Waals surface area contributed by atoms with Crippen molar-refractivity contribution in [1.29, 1.82) is 0 Å². The Kier molecular flexibility index (Phi) is 5.72. The Bertz CT molecular complexity index is 1460. The van der Waals surface area contributed by atoms with Crippen LogP contribution in [0, 0.1) is 6.92 Å². The summed E-state index contributed by atoms with van der Waals surface area (Å²) in [7, 11) is 5.69. The fourth-order valence-corrected chi connectivity index (χ4v) is 3.75. The highest BCUT2D eigenvalue weighted by Gasteiger charge is 2.17. The van der Waals surface area contributed by atoms with Gasteiger partial charge in [0, 0.05) is 55.1 Å². The smallest absolute Gasteiger partial charge is 0.155 e. The van der Waals surface area contributed by atoms with Crippen molar-refractivity contribution in [2.45, 2.75) is 6.92 Å². The standard InChI is InChI=1S/C25H22N4O2.ClH/c1-15-11-17(29(2)3)12-22-24(15)28-25-20-13-18(30-4)5-6-19(20)21(14-23(25)31-22)27-16-7-9-26-10-8-16;/h5-14H,1-4H3;1H/p-1. The molecular formula is C25H22ClN4O2-. The second kappa shape index (κ2) is 8.48. The van der Waals surface area contributed by atoms with E-state index >= 15 is 0 Å². The molecule has 0 amide bonds. The lowest BCUT2D eigenvalue weighted by molar-refractivity contribution is -0.00000720. The Balaban J connectivity index is 0.00000245. The Morgan fingerprint density at radius 3 is 2.47 bits per heavy atom. The average molecular weight is 446 g/mol. The third-order valence-corrected chi connectivity index (χ3v) is 5.38. The molecule has 1 aromatic heterocycles. The van der Waals surface area contributed by atoms with Crippen molar-refractivity contribution in [3.63, 3.8) is 0 Å². The number of nitrogens with zero attached hydrogens (tertiary/aromatic N) is 4. The molecule has 32 heavy (non-hydrogen) atoms. The van der Waals surface area contributed by atoms with Gasteiger partial charge in [-0.15, -0.1) is 0 Å². The third-order valence-electron chi connectivity index (χ3n) is 5.38. The minimum atomic E-state index is 0. The zero-order chi connectivity index (χ0) is 21.5. The number of aromatic nitrogens is 2. The summed E-state index contributed by atoms with van der Waals surface area (Å²) in [4.78, 5) is 16.0. The molecule has 2 aliphatic rings. The molecule has 2 aromatic carbocycles. The topological polar surface area (TPSA) is 63.8 Å². The molecule has 0 saturated carbocycles. The number of halogens is 1. The summed E-state index contributed by atoms with van der Waals surface area (Å²) >= 11 is 0. The van der Waals surface area contributed by atoms with Gasteiger partial charge in [-0.2, -0.15) is 0 Å². The van der Waals surface area contributed by atoms with E-state index in [9.17, 15) is 0 Å². The van der Waals surface area contributed by atoms with Crippen molar-refractivity contribution in [1.82, 2.24) is 9.97 Å². The molecule has 3 aromatic rings. The molecule has 162 valence electrons. The minimum Gasteiger partial charge on any atom is -1.00 e. The molecule has 0 unspecified atom stereocenters. The van der Waals surface area contributed by atoms with E-state index in [0.717, 1.165) is 55.6 Å². The van der Waals surface area contributed by atoms with Crippen molar-refractivity contribution in [2.24, 2.45) is 4.99 Å². The number of methoxy groups -OCH3 is 1. The summed E-state index contributed by atoms with van der Waals surface area (Å²) < 4.78 is 11.9. The molecule has 6 nitrogen and oxygen atoms in total. The predicted octanol–water partition coefficient (Wildman–Crippen LogP) is 2.10. The molecule has 0 N–H and O–H groups in total. The molecule has 0 atom stereocenters. The number of pyridine rings is 1. The lowest BCUT2D eigenvalue weighted by atomic mass is 10.0. The van der Waals surface area contributed by atoms with E-state index in [1.54, 1.807) is 19.5 Å². The highest BCUT2D eigenvalue weighted by Crippen LogP contribution is 2.34. The van der Waals surface area contributed by atoms with E-state index in [0.29, 0.717) is 5.76 Å². The van der Waals surface area contributed by atoms with Crippen LogP contribution in [-0.2, 0) is 0 Å². The van der Waals surface area contributed by atoms with Crippen LogP contribution in [0.5, 0.6) is 5.75 Å². The monoisotopic (exact) mass is 445 g/mol. The van der Waals surface area contributed by atoms with Crippen LogP contribution >= 0.6 is 0 Å². The number of rotatable bonds is 3. The number of ether oxygens (including phenoxy) is 1. The quantitative estimate of drug-likeness (QED) is 0.314. The molecule has 1 aliphatic heterocycles. The summed E-state index contributed by atoms with van der Waals surface area (Å²) in [5.74, 6) is 1.44. The van der Waals surface area contributed by atoms with Crippen molar-refractivity contribution >= 4 is 33.2 Å². The fraction of sp³-hybridized carbons (Fsp3) is 0.160. The second-order valence-electron chi connectivity index (χ2n) is 7.69. The zero-order valence-corrected chi connectivity index (χ0v) is 19.0. The number of fused-ring (bicyclic) bond motifs is 4. The first kappa shape index (κ1) is 21.6. The number of hydrogen-bond donors (Lipinski definition) is 0. The minimum absolute atomic E-state index is 0. The largest absolute Gasteiger partial charge is 1.00 e. The normalized spacial score (nSPS) is 11.7. The van der Waals surface area contributed by atoms with E-state index in [-0.39, 0.29) is 12.4 Å². The maximum absolute atomic E-state index is 6.38. The van der Waals surface area contributed by atoms with Crippen LogP contribution in [0.3, 0.4) is 0 Å². The molecule has 7 heteroatoms. The van der Waals surface area contributed by atoms with Gasteiger partial charge >= 0.3 is 0 Å². The van der Waals surface area contributed by atoms with Gasteiger partial charge in [-0.3, -0.25) is 4.98 Å². The lowest BCUT2D eigenvalue weighted by Crippen LogP contribution is -3.00. The maximum Gasteiger partial charge on any atom is 0.155 e. The van der Waals surface area contributed by atoms with Gasteiger partial charge in [0.15, 0.2) is 11.3 Å². The molecule has 0 radical (unpaired) electrons. The van der Waals surface area contributed by atoms with Gasteiger partial charge in [0.25, 0.3) is 0 Å². The van der Waals surface area contributed by atoms with Crippen molar-refractivity contribution < 1.29 is 21.6 Å². The Morgan fingerprint density at radius 1 is 0.969 bits per heavy atom. The number of benzene rings is 3. The van der Waals surface area contributed by atoms with E-state index < -0.39 is 0 Å². The van der Waals surface area contributed by atoms with Crippen molar-refractivity contribution in [2.75, 3.05) is 26.1 Å². The molecule has 2 heterocycles. The molecule has 0 bridgehead atoms. The summed E-state index contributed by atoms with van der Waals surface area (Å²) in [5.41, 5.74) is 5.34. The number of aryl methyl sites for hydroxylation is 1. The highest BCUT2D eigenvalue weighted by molar-refractivity contribution is 5.97. The predicted molar refractivity (Wildman–Crippen MR) is 123 cm³/mol. The van der Waals surface area contributed by atoms with Crippen LogP contribution in [0.4, 0.5) is 11.4 Å². The van der Waals surface area contributed by atoms with Crippen LogP contribution in [0.25, 0.3) is 33.3 Å². The first-order chi connectivity index (χ1) is 15.0. The molecule has 5 rings (SSSR count). The second-order valence-corrected chi connectivity index (χ2v) is 7.69. The average Bonchev–Trinajstić information content (AvgIpc) is 2.78. The molecule has 0 saturated heterocycles. The molecule has 0 fully saturated rings. The van der Waals surface area contributed by atoms with Gasteiger partial charge in [0.1, 0.15) is 17.0 Å². The van der Waals surface area contributed by atoms with E-state index in [2.05, 4.69) is 22.9 Å². The maximum atomic E-state index is 6.38. The van der Waals surface area contributed by atoms with Gasteiger partial charge < -0.3 is 26.5 Å². The van der Waals surface area contributed by atoms with E-state index in [1.165, 1.54) is 0 Å². The van der Waals surface area contributed by atoms with Crippen LogP contribution in [0.15, 0.2) is 70.3 Å². The van der Waals surface area contributed by atoms with Crippen molar-refractivity contribution in [3.05, 3.63) is 71.8 Å². The van der Waals surface area contributed by atoms with Gasteiger partial charge in [0.2, 0.25) is 0 Å².